The molecule has 0 saturated heterocycles. The van der Waals surface area contributed by atoms with Crippen molar-refractivity contribution in [2.75, 3.05) is 20.1 Å². The van der Waals surface area contributed by atoms with Crippen molar-refractivity contribution in [2.45, 2.75) is 26.8 Å². The van der Waals surface area contributed by atoms with E-state index in [1.165, 1.54) is 6.07 Å². The Morgan fingerprint density at radius 3 is 2.44 bits per heavy atom. The highest BCUT2D eigenvalue weighted by molar-refractivity contribution is 5.22. The highest BCUT2D eigenvalue weighted by Crippen LogP contribution is 2.19. The van der Waals surface area contributed by atoms with E-state index >= 15 is 0 Å². The Bertz CT molecular complexity index is 399. The summed E-state index contributed by atoms with van der Waals surface area (Å²) in [4.78, 5) is 2.04. The topological polar surface area (TPSA) is 29.3 Å². The second-order valence-electron chi connectivity index (χ2n) is 6.03. The number of rotatable bonds is 4. The molecule has 1 aromatic carbocycles. The van der Waals surface area contributed by atoms with Gasteiger partial charge in [-0.2, -0.15) is 0 Å². The summed E-state index contributed by atoms with van der Waals surface area (Å²) in [6, 6.07) is 2.87. The molecule has 1 unspecified atom stereocenters. The van der Waals surface area contributed by atoms with E-state index in [0.29, 0.717) is 6.54 Å². The maximum atomic E-state index is 13.5. The lowest BCUT2D eigenvalue weighted by Crippen LogP contribution is -2.35. The molecule has 0 spiro atoms. The molecule has 18 heavy (non-hydrogen) atoms. The SMILES string of the molecule is CN(CC(N)c1cc(F)ccc1F)CC(C)(C)C. The Hall–Kier alpha value is -1.00. The van der Waals surface area contributed by atoms with E-state index in [9.17, 15) is 8.78 Å². The maximum Gasteiger partial charge on any atom is 0.128 e. The fraction of sp³-hybridized carbons (Fsp3) is 0.571. The van der Waals surface area contributed by atoms with Crippen molar-refractivity contribution < 1.29 is 8.78 Å². The van der Waals surface area contributed by atoms with Gasteiger partial charge in [-0.3, -0.25) is 0 Å². The molecule has 1 atom stereocenters. The molecule has 1 aromatic rings. The third-order valence-corrected chi connectivity index (χ3v) is 2.61. The summed E-state index contributed by atoms with van der Waals surface area (Å²) in [5.74, 6) is -0.909. The van der Waals surface area contributed by atoms with Gasteiger partial charge in [-0.15, -0.1) is 0 Å². The van der Waals surface area contributed by atoms with Crippen LogP contribution in [0.25, 0.3) is 0 Å². The third-order valence-electron chi connectivity index (χ3n) is 2.61. The van der Waals surface area contributed by atoms with Crippen LogP contribution in [-0.2, 0) is 0 Å². The zero-order chi connectivity index (χ0) is 13.9. The van der Waals surface area contributed by atoms with E-state index in [2.05, 4.69) is 20.8 Å². The number of benzene rings is 1. The van der Waals surface area contributed by atoms with E-state index in [-0.39, 0.29) is 11.0 Å². The number of hydrogen-bond donors (Lipinski definition) is 1. The van der Waals surface area contributed by atoms with Crippen LogP contribution >= 0.6 is 0 Å². The van der Waals surface area contributed by atoms with E-state index in [4.69, 9.17) is 5.73 Å². The molecule has 0 heterocycles. The van der Waals surface area contributed by atoms with Gasteiger partial charge in [0.1, 0.15) is 11.6 Å². The number of nitrogens with zero attached hydrogens (tertiary/aromatic N) is 1. The molecule has 0 bridgehead atoms. The molecule has 2 N–H and O–H groups in total. The Kier molecular flexibility index (Phi) is 4.82. The van der Waals surface area contributed by atoms with Crippen molar-refractivity contribution >= 4 is 0 Å². The van der Waals surface area contributed by atoms with E-state index in [1.807, 2.05) is 11.9 Å². The van der Waals surface area contributed by atoms with Gasteiger partial charge >= 0.3 is 0 Å². The van der Waals surface area contributed by atoms with Gasteiger partial charge in [-0.25, -0.2) is 8.78 Å². The molecule has 102 valence electrons. The number of halogens is 2. The monoisotopic (exact) mass is 256 g/mol. The first-order valence-corrected chi connectivity index (χ1v) is 6.08. The van der Waals surface area contributed by atoms with Gasteiger partial charge in [-0.1, -0.05) is 20.8 Å². The predicted octanol–water partition coefficient (Wildman–Crippen LogP) is 2.94. The number of likely N-dealkylation sites (N-methyl/N-ethyl adjacent to an activating group) is 1. The summed E-state index contributed by atoms with van der Waals surface area (Å²) in [6.45, 7) is 7.71. The van der Waals surface area contributed by atoms with E-state index in [1.54, 1.807) is 0 Å². The molecule has 0 aliphatic carbocycles. The molecule has 0 amide bonds. The first-order chi connectivity index (χ1) is 8.19. The number of hydrogen-bond acceptors (Lipinski definition) is 2. The van der Waals surface area contributed by atoms with Gasteiger partial charge in [0.15, 0.2) is 0 Å². The number of nitrogens with two attached hydrogens (primary N) is 1. The Balaban J connectivity index is 2.70. The molecule has 0 fully saturated rings. The lowest BCUT2D eigenvalue weighted by Gasteiger charge is -2.28. The smallest absolute Gasteiger partial charge is 0.128 e. The molecule has 0 saturated carbocycles. The van der Waals surface area contributed by atoms with Gasteiger partial charge in [0.2, 0.25) is 0 Å². The molecule has 0 radical (unpaired) electrons. The molecule has 4 heteroatoms. The normalized spacial score (nSPS) is 14.0. The minimum atomic E-state index is -0.520. The van der Waals surface area contributed by atoms with Crippen LogP contribution in [-0.4, -0.2) is 25.0 Å². The highest BCUT2D eigenvalue weighted by Gasteiger charge is 2.18. The summed E-state index contributed by atoms with van der Waals surface area (Å²) in [7, 11) is 1.93. The second-order valence-corrected chi connectivity index (χ2v) is 6.03. The Labute approximate surface area is 108 Å². The maximum absolute atomic E-state index is 13.5. The molecule has 0 aliphatic rings. The fourth-order valence-corrected chi connectivity index (χ4v) is 2.11. The summed E-state index contributed by atoms with van der Waals surface area (Å²) in [6.07, 6.45) is 0. The van der Waals surface area contributed by atoms with Crippen molar-refractivity contribution in [1.82, 2.24) is 4.90 Å². The zero-order valence-electron chi connectivity index (χ0n) is 11.5. The van der Waals surface area contributed by atoms with E-state index < -0.39 is 17.7 Å². The van der Waals surface area contributed by atoms with Crippen molar-refractivity contribution in [2.24, 2.45) is 11.1 Å². The summed E-state index contributed by atoms with van der Waals surface area (Å²) >= 11 is 0. The molecular weight excluding hydrogens is 234 g/mol. The average Bonchev–Trinajstić information content (AvgIpc) is 2.18. The zero-order valence-corrected chi connectivity index (χ0v) is 11.5. The first-order valence-electron chi connectivity index (χ1n) is 6.08. The van der Waals surface area contributed by atoms with Crippen LogP contribution in [0.2, 0.25) is 0 Å². The molecule has 0 aromatic heterocycles. The highest BCUT2D eigenvalue weighted by atomic mass is 19.1. The van der Waals surface area contributed by atoms with Crippen molar-refractivity contribution in [3.8, 4) is 0 Å². The van der Waals surface area contributed by atoms with Crippen molar-refractivity contribution in [3.05, 3.63) is 35.4 Å². The lowest BCUT2D eigenvalue weighted by atomic mass is 9.96. The summed E-state index contributed by atoms with van der Waals surface area (Å²) < 4.78 is 26.6. The van der Waals surface area contributed by atoms with Crippen molar-refractivity contribution in [3.63, 3.8) is 0 Å². The molecule has 0 aliphatic heterocycles. The summed E-state index contributed by atoms with van der Waals surface area (Å²) in [5, 5.41) is 0. The Morgan fingerprint density at radius 2 is 1.89 bits per heavy atom. The lowest BCUT2D eigenvalue weighted by molar-refractivity contribution is 0.216. The minimum absolute atomic E-state index is 0.148. The fourth-order valence-electron chi connectivity index (χ4n) is 2.11. The van der Waals surface area contributed by atoms with Crippen LogP contribution in [0.5, 0.6) is 0 Å². The van der Waals surface area contributed by atoms with E-state index in [0.717, 1.165) is 18.7 Å². The predicted molar refractivity (Wildman–Crippen MR) is 70.2 cm³/mol. The Morgan fingerprint density at radius 1 is 1.28 bits per heavy atom. The van der Waals surface area contributed by atoms with Crippen LogP contribution < -0.4 is 5.73 Å². The van der Waals surface area contributed by atoms with Gasteiger partial charge in [-0.05, 0) is 30.7 Å². The van der Waals surface area contributed by atoms with Gasteiger partial charge < -0.3 is 10.6 Å². The third kappa shape index (κ3) is 4.70. The minimum Gasteiger partial charge on any atom is -0.323 e. The first kappa shape index (κ1) is 15.1. The quantitative estimate of drug-likeness (QED) is 0.897. The van der Waals surface area contributed by atoms with Crippen LogP contribution in [0.1, 0.15) is 32.4 Å². The van der Waals surface area contributed by atoms with Crippen LogP contribution in [0.3, 0.4) is 0 Å². The molecule has 1 rings (SSSR count). The molecule has 2 nitrogen and oxygen atoms in total. The molecular formula is C14H22F2N2. The van der Waals surface area contributed by atoms with Crippen LogP contribution in [0.15, 0.2) is 18.2 Å². The van der Waals surface area contributed by atoms with Crippen LogP contribution in [0.4, 0.5) is 8.78 Å². The summed E-state index contributed by atoms with van der Waals surface area (Å²) in [5.41, 5.74) is 6.32. The van der Waals surface area contributed by atoms with Gasteiger partial charge in [0.05, 0.1) is 0 Å². The van der Waals surface area contributed by atoms with Crippen LogP contribution in [0, 0.1) is 17.0 Å². The van der Waals surface area contributed by atoms with Gasteiger partial charge in [0.25, 0.3) is 0 Å². The average molecular weight is 256 g/mol. The standard InChI is InChI=1S/C14H22F2N2/c1-14(2,3)9-18(4)8-13(17)11-7-10(15)5-6-12(11)16/h5-7,13H,8-9,17H2,1-4H3. The van der Waals surface area contributed by atoms with Crippen molar-refractivity contribution in [1.29, 1.82) is 0 Å². The second kappa shape index (κ2) is 5.76. The largest absolute Gasteiger partial charge is 0.323 e. The van der Waals surface area contributed by atoms with Gasteiger partial charge in [0, 0.05) is 24.7 Å².